The van der Waals surface area contributed by atoms with Crippen molar-refractivity contribution in [3.63, 3.8) is 0 Å². The minimum absolute atomic E-state index is 0.141. The summed E-state index contributed by atoms with van der Waals surface area (Å²) >= 11 is 0. The smallest absolute Gasteiger partial charge is 0.243 e. The summed E-state index contributed by atoms with van der Waals surface area (Å²) in [7, 11) is 0.603. The van der Waals surface area contributed by atoms with Crippen molar-refractivity contribution in [3.8, 4) is 0 Å². The van der Waals surface area contributed by atoms with Crippen molar-refractivity contribution in [2.75, 3.05) is 27.2 Å². The summed E-state index contributed by atoms with van der Waals surface area (Å²) in [6.07, 6.45) is 1.70. The predicted molar refractivity (Wildman–Crippen MR) is 82.6 cm³/mol. The highest BCUT2D eigenvalue weighted by molar-refractivity contribution is 7.89. The molecule has 1 aliphatic rings. The quantitative estimate of drug-likeness (QED) is 0.907. The Morgan fingerprint density at radius 3 is 2.43 bits per heavy atom. The molecule has 118 valence electrons. The van der Waals surface area contributed by atoms with Crippen LogP contribution in [0.3, 0.4) is 0 Å². The third-order valence-electron chi connectivity index (χ3n) is 4.28. The highest BCUT2D eigenvalue weighted by Crippen LogP contribution is 2.24. The van der Waals surface area contributed by atoms with Crippen molar-refractivity contribution in [1.29, 1.82) is 0 Å². The van der Waals surface area contributed by atoms with Gasteiger partial charge in [-0.25, -0.2) is 8.42 Å². The van der Waals surface area contributed by atoms with Gasteiger partial charge in [-0.05, 0) is 57.1 Å². The molecular formula is C15H24N2O3S. The zero-order valence-corrected chi connectivity index (χ0v) is 13.7. The Hall–Kier alpha value is -0.950. The molecule has 1 aromatic carbocycles. The number of piperidine rings is 1. The predicted octanol–water partition coefficient (Wildman–Crippen LogP) is 1.20. The molecule has 5 nitrogen and oxygen atoms in total. The van der Waals surface area contributed by atoms with E-state index in [0.717, 1.165) is 18.4 Å². The van der Waals surface area contributed by atoms with Crippen LogP contribution >= 0.6 is 0 Å². The van der Waals surface area contributed by atoms with E-state index in [0.29, 0.717) is 24.7 Å². The van der Waals surface area contributed by atoms with Crippen LogP contribution in [0.1, 0.15) is 24.0 Å². The maximum Gasteiger partial charge on any atom is 0.243 e. The lowest BCUT2D eigenvalue weighted by Crippen LogP contribution is -2.44. The lowest BCUT2D eigenvalue weighted by atomic mass is 10.1. The van der Waals surface area contributed by atoms with Gasteiger partial charge in [-0.1, -0.05) is 6.07 Å². The first-order chi connectivity index (χ1) is 9.86. The number of hydrogen-bond donors (Lipinski definition) is 1. The van der Waals surface area contributed by atoms with Crippen LogP contribution in [-0.4, -0.2) is 56.0 Å². The van der Waals surface area contributed by atoms with Gasteiger partial charge in [0.2, 0.25) is 10.0 Å². The first-order valence-electron chi connectivity index (χ1n) is 7.23. The number of aliphatic hydroxyl groups is 1. The number of benzene rings is 1. The Bertz CT molecular complexity index is 591. The molecule has 6 heteroatoms. The van der Waals surface area contributed by atoms with Gasteiger partial charge in [-0.3, -0.25) is 0 Å². The number of rotatable bonds is 4. The third-order valence-corrected chi connectivity index (χ3v) is 6.18. The molecule has 0 spiro atoms. The van der Waals surface area contributed by atoms with E-state index in [4.69, 9.17) is 0 Å². The van der Waals surface area contributed by atoms with Crippen LogP contribution in [0.2, 0.25) is 0 Å². The monoisotopic (exact) mass is 312 g/mol. The molecule has 1 aromatic rings. The van der Waals surface area contributed by atoms with E-state index in [2.05, 4.69) is 4.90 Å². The van der Waals surface area contributed by atoms with Crippen molar-refractivity contribution in [2.24, 2.45) is 0 Å². The van der Waals surface area contributed by atoms with Gasteiger partial charge in [0, 0.05) is 19.1 Å². The number of aryl methyl sites for hydroxylation is 1. The van der Waals surface area contributed by atoms with Gasteiger partial charge >= 0.3 is 0 Å². The minimum atomic E-state index is -3.46. The molecule has 1 N–H and O–H groups in total. The van der Waals surface area contributed by atoms with Crippen molar-refractivity contribution < 1.29 is 13.5 Å². The van der Waals surface area contributed by atoms with Crippen LogP contribution in [0.25, 0.3) is 0 Å². The van der Waals surface area contributed by atoms with E-state index < -0.39 is 10.0 Å². The summed E-state index contributed by atoms with van der Waals surface area (Å²) in [5.41, 5.74) is 1.57. The molecule has 0 saturated carbocycles. The second-order valence-electron chi connectivity index (χ2n) is 5.85. The average Bonchev–Trinajstić information content (AvgIpc) is 2.47. The lowest BCUT2D eigenvalue weighted by Gasteiger charge is -2.34. The fraction of sp³-hybridized carbons (Fsp3) is 0.600. The van der Waals surface area contributed by atoms with Gasteiger partial charge in [-0.2, -0.15) is 4.31 Å². The van der Waals surface area contributed by atoms with E-state index in [1.54, 1.807) is 22.5 Å². The lowest BCUT2D eigenvalue weighted by molar-refractivity contribution is 0.196. The van der Waals surface area contributed by atoms with E-state index in [-0.39, 0.29) is 11.5 Å². The molecule has 1 aliphatic heterocycles. The van der Waals surface area contributed by atoms with Gasteiger partial charge in [0.1, 0.15) is 0 Å². The van der Waals surface area contributed by atoms with Crippen molar-refractivity contribution in [1.82, 2.24) is 9.21 Å². The zero-order chi connectivity index (χ0) is 15.6. The third kappa shape index (κ3) is 3.45. The molecule has 0 radical (unpaired) electrons. The van der Waals surface area contributed by atoms with Crippen molar-refractivity contribution in [3.05, 3.63) is 29.3 Å². The van der Waals surface area contributed by atoms with Gasteiger partial charge in [0.15, 0.2) is 0 Å². The summed E-state index contributed by atoms with van der Waals surface area (Å²) in [4.78, 5) is 2.43. The largest absolute Gasteiger partial charge is 0.392 e. The van der Waals surface area contributed by atoms with Crippen LogP contribution in [0.15, 0.2) is 23.1 Å². The van der Waals surface area contributed by atoms with Gasteiger partial charge in [-0.15, -0.1) is 0 Å². The first kappa shape index (κ1) is 16.4. The van der Waals surface area contributed by atoms with E-state index in [9.17, 15) is 13.5 Å². The Morgan fingerprint density at radius 2 is 1.90 bits per heavy atom. The van der Waals surface area contributed by atoms with Crippen LogP contribution < -0.4 is 0 Å². The van der Waals surface area contributed by atoms with Gasteiger partial charge in [0.05, 0.1) is 11.5 Å². The Kier molecular flexibility index (Phi) is 5.03. The van der Waals surface area contributed by atoms with Crippen LogP contribution in [0.4, 0.5) is 0 Å². The van der Waals surface area contributed by atoms with Crippen LogP contribution in [0.5, 0.6) is 0 Å². The van der Waals surface area contributed by atoms with Gasteiger partial charge < -0.3 is 10.0 Å². The molecule has 1 saturated heterocycles. The highest BCUT2D eigenvalue weighted by Gasteiger charge is 2.30. The van der Waals surface area contributed by atoms with Crippen molar-refractivity contribution in [2.45, 2.75) is 37.3 Å². The number of nitrogens with zero attached hydrogens (tertiary/aromatic N) is 2. The van der Waals surface area contributed by atoms with Crippen molar-refractivity contribution >= 4 is 10.0 Å². The number of hydrogen-bond acceptors (Lipinski definition) is 4. The molecule has 1 fully saturated rings. The summed E-state index contributed by atoms with van der Waals surface area (Å²) in [5.74, 6) is 0. The summed E-state index contributed by atoms with van der Waals surface area (Å²) < 4.78 is 26.9. The first-order valence-corrected chi connectivity index (χ1v) is 8.67. The number of aliphatic hydroxyl groups excluding tert-OH is 1. The molecule has 0 amide bonds. The molecule has 2 rings (SSSR count). The normalized spacial score (nSPS) is 18.3. The Balaban J connectivity index is 2.19. The maximum atomic E-state index is 12.7. The summed E-state index contributed by atoms with van der Waals surface area (Å²) in [6.45, 7) is 2.82. The van der Waals surface area contributed by atoms with Crippen LogP contribution in [-0.2, 0) is 16.6 Å². The second-order valence-corrected chi connectivity index (χ2v) is 7.78. The maximum absolute atomic E-state index is 12.7. The standard InChI is InChI=1S/C15H24N2O3S/c1-12-4-5-15(10-13(12)11-18)21(19,20)17-8-6-14(7-9-17)16(2)3/h4-5,10,14,18H,6-9,11H2,1-3H3. The molecular weight excluding hydrogens is 288 g/mol. The Labute approximate surface area is 127 Å². The molecule has 0 aromatic heterocycles. The molecule has 0 unspecified atom stereocenters. The molecule has 0 bridgehead atoms. The highest BCUT2D eigenvalue weighted by atomic mass is 32.2. The fourth-order valence-electron chi connectivity index (χ4n) is 2.73. The molecule has 1 heterocycles. The van der Waals surface area contributed by atoms with Gasteiger partial charge in [0.25, 0.3) is 0 Å². The molecule has 21 heavy (non-hydrogen) atoms. The average molecular weight is 312 g/mol. The van der Waals surface area contributed by atoms with E-state index in [1.165, 1.54) is 0 Å². The number of sulfonamides is 1. The van der Waals surface area contributed by atoms with Crippen LogP contribution in [0, 0.1) is 6.92 Å². The topological polar surface area (TPSA) is 60.9 Å². The minimum Gasteiger partial charge on any atom is -0.392 e. The fourth-order valence-corrected chi connectivity index (χ4v) is 4.25. The summed E-state index contributed by atoms with van der Waals surface area (Å²) in [5, 5.41) is 9.30. The molecule has 0 atom stereocenters. The molecule has 0 aliphatic carbocycles. The second kappa shape index (κ2) is 6.44. The zero-order valence-electron chi connectivity index (χ0n) is 12.9. The SMILES string of the molecule is Cc1ccc(S(=O)(=O)N2CCC(N(C)C)CC2)cc1CO. The summed E-state index contributed by atoms with van der Waals surface area (Å²) in [6, 6.07) is 5.41. The Morgan fingerprint density at radius 1 is 1.29 bits per heavy atom. The van der Waals surface area contributed by atoms with E-state index >= 15 is 0 Å². The van der Waals surface area contributed by atoms with E-state index in [1.807, 2.05) is 21.0 Å².